The Bertz CT molecular complexity index is 476. The van der Waals surface area contributed by atoms with E-state index in [2.05, 4.69) is 51.2 Å². The third kappa shape index (κ3) is 3.80. The third-order valence-corrected chi connectivity index (χ3v) is 3.62. The molecule has 0 radical (unpaired) electrons. The number of rotatable bonds is 5. The largest absolute Gasteiger partial charge is 0.480 e. The van der Waals surface area contributed by atoms with Crippen molar-refractivity contribution in [1.29, 1.82) is 0 Å². The maximum absolute atomic E-state index is 11.1. The summed E-state index contributed by atoms with van der Waals surface area (Å²) >= 11 is 0. The summed E-state index contributed by atoms with van der Waals surface area (Å²) < 4.78 is 0. The molecular formula is C16H25NO2. The van der Waals surface area contributed by atoms with Crippen LogP contribution in [0.4, 0.5) is 0 Å². The van der Waals surface area contributed by atoms with Gasteiger partial charge in [0, 0.05) is 12.0 Å². The number of carboxylic acid groups (broad SMARTS) is 1. The first-order chi connectivity index (χ1) is 8.56. The predicted molar refractivity (Wildman–Crippen MR) is 78.7 cm³/mol. The highest BCUT2D eigenvalue weighted by molar-refractivity contribution is 5.77. The molecule has 0 aromatic heterocycles. The van der Waals surface area contributed by atoms with E-state index >= 15 is 0 Å². The number of hydrogen-bond donors (Lipinski definition) is 2. The average molecular weight is 263 g/mol. The second-order valence-electron chi connectivity index (χ2n) is 6.49. The number of aliphatic carboxylic acids is 1. The molecule has 0 unspecified atom stereocenters. The van der Waals surface area contributed by atoms with Gasteiger partial charge in [0.1, 0.15) is 5.54 Å². The van der Waals surface area contributed by atoms with Crippen LogP contribution in [0, 0.1) is 13.8 Å². The molecule has 0 bridgehead atoms. The molecule has 0 aliphatic heterocycles. The summed E-state index contributed by atoms with van der Waals surface area (Å²) in [5.74, 6) is -0.830. The molecule has 0 aliphatic carbocycles. The number of carbonyl (C=O) groups is 1. The number of hydrogen-bond acceptors (Lipinski definition) is 2. The number of benzene rings is 1. The topological polar surface area (TPSA) is 49.3 Å². The number of nitrogens with one attached hydrogen (secondary N) is 1. The molecule has 0 heterocycles. The van der Waals surface area contributed by atoms with E-state index in [0.717, 1.165) is 0 Å². The molecular weight excluding hydrogens is 238 g/mol. The van der Waals surface area contributed by atoms with Crippen LogP contribution in [0.25, 0.3) is 0 Å². The lowest BCUT2D eigenvalue weighted by Gasteiger charge is -2.32. The summed E-state index contributed by atoms with van der Waals surface area (Å²) in [6.07, 6.45) is 0. The first-order valence-corrected chi connectivity index (χ1v) is 6.62. The fourth-order valence-electron chi connectivity index (χ4n) is 2.19. The first kappa shape index (κ1) is 15.7. The zero-order valence-electron chi connectivity index (χ0n) is 12.8. The zero-order valence-corrected chi connectivity index (χ0v) is 12.8. The van der Waals surface area contributed by atoms with Crippen molar-refractivity contribution in [2.45, 2.75) is 52.5 Å². The molecule has 1 rings (SSSR count). The molecule has 0 fully saturated rings. The smallest absolute Gasteiger partial charge is 0.323 e. The Hall–Kier alpha value is -1.35. The normalized spacial score (nSPS) is 12.5. The van der Waals surface area contributed by atoms with Gasteiger partial charge < -0.3 is 10.4 Å². The molecule has 106 valence electrons. The van der Waals surface area contributed by atoms with Crippen molar-refractivity contribution >= 4 is 5.97 Å². The van der Waals surface area contributed by atoms with Crippen LogP contribution in [-0.2, 0) is 10.2 Å². The SMILES string of the molecule is Cc1ccc(C(C)(C)CNC(C)(C)C(=O)O)c(C)c1. The van der Waals surface area contributed by atoms with Gasteiger partial charge in [-0.05, 0) is 38.8 Å². The van der Waals surface area contributed by atoms with Gasteiger partial charge in [0.25, 0.3) is 0 Å². The highest BCUT2D eigenvalue weighted by Crippen LogP contribution is 2.27. The Morgan fingerprint density at radius 2 is 1.79 bits per heavy atom. The fraction of sp³-hybridized carbons (Fsp3) is 0.562. The van der Waals surface area contributed by atoms with Gasteiger partial charge in [-0.1, -0.05) is 37.6 Å². The number of carboxylic acids is 1. The molecule has 19 heavy (non-hydrogen) atoms. The summed E-state index contributed by atoms with van der Waals surface area (Å²) in [6, 6.07) is 6.41. The highest BCUT2D eigenvalue weighted by atomic mass is 16.4. The molecule has 2 N–H and O–H groups in total. The van der Waals surface area contributed by atoms with E-state index in [4.69, 9.17) is 5.11 Å². The standard InChI is InChI=1S/C16H25NO2/c1-11-7-8-13(12(2)9-11)15(3,4)10-17-16(5,6)14(18)19/h7-9,17H,10H2,1-6H3,(H,18,19). The first-order valence-electron chi connectivity index (χ1n) is 6.62. The highest BCUT2D eigenvalue weighted by Gasteiger charge is 2.30. The van der Waals surface area contributed by atoms with Gasteiger partial charge in [-0.15, -0.1) is 0 Å². The van der Waals surface area contributed by atoms with E-state index in [0.29, 0.717) is 6.54 Å². The van der Waals surface area contributed by atoms with Gasteiger partial charge in [-0.3, -0.25) is 4.79 Å². The van der Waals surface area contributed by atoms with Crippen LogP contribution in [0.2, 0.25) is 0 Å². The Labute approximate surface area is 116 Å². The minimum Gasteiger partial charge on any atom is -0.480 e. The molecule has 3 heteroatoms. The average Bonchev–Trinajstić information content (AvgIpc) is 2.26. The van der Waals surface area contributed by atoms with Crippen molar-refractivity contribution in [3.8, 4) is 0 Å². The van der Waals surface area contributed by atoms with Crippen LogP contribution in [-0.4, -0.2) is 23.2 Å². The fourth-order valence-corrected chi connectivity index (χ4v) is 2.19. The Balaban J connectivity index is 2.89. The summed E-state index contributed by atoms with van der Waals surface area (Å²) in [6.45, 7) is 12.4. The molecule has 0 amide bonds. The minimum absolute atomic E-state index is 0.107. The third-order valence-electron chi connectivity index (χ3n) is 3.62. The molecule has 0 saturated carbocycles. The van der Waals surface area contributed by atoms with Crippen molar-refractivity contribution in [2.75, 3.05) is 6.54 Å². The van der Waals surface area contributed by atoms with Crippen molar-refractivity contribution in [1.82, 2.24) is 5.32 Å². The van der Waals surface area contributed by atoms with Crippen molar-refractivity contribution in [3.05, 3.63) is 34.9 Å². The van der Waals surface area contributed by atoms with Crippen molar-refractivity contribution in [2.24, 2.45) is 0 Å². The summed E-state index contributed by atoms with van der Waals surface area (Å²) in [4.78, 5) is 11.1. The Morgan fingerprint density at radius 1 is 1.21 bits per heavy atom. The van der Waals surface area contributed by atoms with E-state index < -0.39 is 11.5 Å². The van der Waals surface area contributed by atoms with Gasteiger partial charge in [0.05, 0.1) is 0 Å². The van der Waals surface area contributed by atoms with E-state index in [1.807, 2.05) is 0 Å². The molecule has 1 aromatic rings. The molecule has 3 nitrogen and oxygen atoms in total. The van der Waals surface area contributed by atoms with Crippen molar-refractivity contribution < 1.29 is 9.90 Å². The minimum atomic E-state index is -0.907. The van der Waals surface area contributed by atoms with Gasteiger partial charge in [0.15, 0.2) is 0 Å². The Morgan fingerprint density at radius 3 is 2.26 bits per heavy atom. The van der Waals surface area contributed by atoms with E-state index in [1.54, 1.807) is 13.8 Å². The predicted octanol–water partition coefficient (Wildman–Crippen LogP) is 3.03. The summed E-state index contributed by atoms with van der Waals surface area (Å²) in [5.41, 5.74) is 2.74. The summed E-state index contributed by atoms with van der Waals surface area (Å²) in [7, 11) is 0. The Kier molecular flexibility index (Phi) is 4.41. The van der Waals surface area contributed by atoms with Crippen LogP contribution < -0.4 is 5.32 Å². The van der Waals surface area contributed by atoms with Crippen LogP contribution in [0.1, 0.15) is 44.4 Å². The lowest BCUT2D eigenvalue weighted by molar-refractivity contribution is -0.143. The van der Waals surface area contributed by atoms with Gasteiger partial charge in [-0.25, -0.2) is 0 Å². The monoisotopic (exact) mass is 263 g/mol. The summed E-state index contributed by atoms with van der Waals surface area (Å²) in [5, 5.41) is 12.3. The van der Waals surface area contributed by atoms with E-state index in [1.165, 1.54) is 16.7 Å². The van der Waals surface area contributed by atoms with Gasteiger partial charge in [0.2, 0.25) is 0 Å². The molecule has 0 aliphatic rings. The zero-order chi connectivity index (χ0) is 14.8. The molecule has 0 spiro atoms. The lowest BCUT2D eigenvalue weighted by atomic mass is 9.81. The van der Waals surface area contributed by atoms with Crippen LogP contribution in [0.3, 0.4) is 0 Å². The van der Waals surface area contributed by atoms with Gasteiger partial charge >= 0.3 is 5.97 Å². The second kappa shape index (κ2) is 5.33. The van der Waals surface area contributed by atoms with E-state index in [9.17, 15) is 4.79 Å². The second-order valence-corrected chi connectivity index (χ2v) is 6.49. The van der Waals surface area contributed by atoms with Gasteiger partial charge in [-0.2, -0.15) is 0 Å². The van der Waals surface area contributed by atoms with Crippen LogP contribution in [0.5, 0.6) is 0 Å². The van der Waals surface area contributed by atoms with Crippen LogP contribution in [0.15, 0.2) is 18.2 Å². The van der Waals surface area contributed by atoms with Crippen molar-refractivity contribution in [3.63, 3.8) is 0 Å². The molecule has 0 atom stereocenters. The van der Waals surface area contributed by atoms with E-state index in [-0.39, 0.29) is 5.41 Å². The van der Waals surface area contributed by atoms with Crippen LogP contribution >= 0.6 is 0 Å². The molecule has 0 saturated heterocycles. The maximum atomic E-state index is 11.1. The quantitative estimate of drug-likeness (QED) is 0.858. The molecule has 1 aromatic carbocycles. The lowest BCUT2D eigenvalue weighted by Crippen LogP contribution is -2.51. The maximum Gasteiger partial charge on any atom is 0.323 e. The number of aryl methyl sites for hydroxylation is 2.